The number of nitrogens with zero attached hydrogens (tertiary/aromatic N) is 3. The predicted molar refractivity (Wildman–Crippen MR) is 91.5 cm³/mol. The third-order valence-corrected chi connectivity index (χ3v) is 5.91. The molecule has 0 aromatic carbocycles. The van der Waals surface area contributed by atoms with Crippen LogP contribution in [0.1, 0.15) is 50.3 Å². The Kier molecular flexibility index (Phi) is 4.08. The number of aromatic nitrogens is 1. The van der Waals surface area contributed by atoms with E-state index in [0.717, 1.165) is 12.0 Å². The van der Waals surface area contributed by atoms with Gasteiger partial charge in [0.15, 0.2) is 0 Å². The number of hydrogen-bond acceptors (Lipinski definition) is 3. The van der Waals surface area contributed by atoms with Gasteiger partial charge in [-0.1, -0.05) is 13.0 Å². The zero-order chi connectivity index (χ0) is 14.9. The molecule has 0 N–H and O–H groups in total. The Hall–Kier alpha value is -1.09. The SMILES string of the molecule is CCCN1CCC[C@H]2Cc3nc(N4CCCC4)ccc3C[C@@H]21. The summed E-state index contributed by atoms with van der Waals surface area (Å²) in [6, 6.07) is 5.43. The zero-order valence-corrected chi connectivity index (χ0v) is 13.9. The fraction of sp³-hybridized carbons (Fsp3) is 0.737. The van der Waals surface area contributed by atoms with Crippen molar-refractivity contribution in [2.75, 3.05) is 31.1 Å². The van der Waals surface area contributed by atoms with Gasteiger partial charge in [0.1, 0.15) is 5.82 Å². The second kappa shape index (κ2) is 6.19. The molecule has 2 atom stereocenters. The summed E-state index contributed by atoms with van der Waals surface area (Å²) in [7, 11) is 0. The van der Waals surface area contributed by atoms with E-state index in [1.165, 1.54) is 88.2 Å². The Morgan fingerprint density at radius 2 is 1.95 bits per heavy atom. The maximum Gasteiger partial charge on any atom is 0.128 e. The number of hydrogen-bond donors (Lipinski definition) is 0. The van der Waals surface area contributed by atoms with E-state index >= 15 is 0 Å². The van der Waals surface area contributed by atoms with Crippen LogP contribution in [0, 0.1) is 5.92 Å². The number of anilines is 1. The van der Waals surface area contributed by atoms with E-state index in [1.807, 2.05) is 0 Å². The van der Waals surface area contributed by atoms with Crippen molar-refractivity contribution in [1.29, 1.82) is 0 Å². The topological polar surface area (TPSA) is 19.4 Å². The van der Waals surface area contributed by atoms with Crippen LogP contribution in [0.25, 0.3) is 0 Å². The molecular formula is C19H29N3. The van der Waals surface area contributed by atoms with Gasteiger partial charge in [-0.3, -0.25) is 4.90 Å². The van der Waals surface area contributed by atoms with Crippen molar-refractivity contribution in [3.63, 3.8) is 0 Å². The minimum absolute atomic E-state index is 0.778. The molecule has 1 aromatic rings. The fourth-order valence-electron chi connectivity index (χ4n) is 4.79. The van der Waals surface area contributed by atoms with E-state index in [1.54, 1.807) is 0 Å². The lowest BCUT2D eigenvalue weighted by Gasteiger charge is -2.44. The number of pyridine rings is 1. The molecule has 120 valence electrons. The van der Waals surface area contributed by atoms with Gasteiger partial charge < -0.3 is 4.90 Å². The molecule has 2 fully saturated rings. The number of fused-ring (bicyclic) bond motifs is 2. The van der Waals surface area contributed by atoms with E-state index in [0.29, 0.717) is 0 Å². The lowest BCUT2D eigenvalue weighted by molar-refractivity contribution is 0.0846. The molecule has 0 saturated carbocycles. The normalized spacial score (nSPS) is 28.5. The molecule has 3 heteroatoms. The highest BCUT2D eigenvalue weighted by atomic mass is 15.2. The molecule has 3 aliphatic rings. The average Bonchev–Trinajstić information content (AvgIpc) is 3.08. The Balaban J connectivity index is 1.56. The molecule has 0 amide bonds. The summed E-state index contributed by atoms with van der Waals surface area (Å²) in [4.78, 5) is 10.3. The first-order valence-corrected chi connectivity index (χ1v) is 9.33. The van der Waals surface area contributed by atoms with Crippen molar-refractivity contribution >= 4 is 5.82 Å². The molecule has 4 rings (SSSR count). The first-order valence-electron chi connectivity index (χ1n) is 9.33. The summed E-state index contributed by atoms with van der Waals surface area (Å²) >= 11 is 0. The van der Waals surface area contributed by atoms with Crippen LogP contribution < -0.4 is 4.90 Å². The fourth-order valence-corrected chi connectivity index (χ4v) is 4.79. The highest BCUT2D eigenvalue weighted by Crippen LogP contribution is 2.35. The van der Waals surface area contributed by atoms with Crippen molar-refractivity contribution in [3.05, 3.63) is 23.4 Å². The highest BCUT2D eigenvalue weighted by Gasteiger charge is 2.35. The van der Waals surface area contributed by atoms with Crippen molar-refractivity contribution < 1.29 is 0 Å². The van der Waals surface area contributed by atoms with Gasteiger partial charge in [0, 0.05) is 24.8 Å². The summed E-state index contributed by atoms with van der Waals surface area (Å²) in [6.07, 6.45) is 9.16. The van der Waals surface area contributed by atoms with Gasteiger partial charge in [-0.2, -0.15) is 0 Å². The van der Waals surface area contributed by atoms with E-state index in [4.69, 9.17) is 4.98 Å². The van der Waals surface area contributed by atoms with Crippen LogP contribution in [0.3, 0.4) is 0 Å². The minimum Gasteiger partial charge on any atom is -0.357 e. The molecular weight excluding hydrogens is 270 g/mol. The van der Waals surface area contributed by atoms with Crippen molar-refractivity contribution in [2.24, 2.45) is 5.92 Å². The summed E-state index contributed by atoms with van der Waals surface area (Å²) in [6.45, 7) is 7.29. The van der Waals surface area contributed by atoms with E-state index in [2.05, 4.69) is 28.9 Å². The van der Waals surface area contributed by atoms with Gasteiger partial charge >= 0.3 is 0 Å². The number of rotatable bonds is 3. The monoisotopic (exact) mass is 299 g/mol. The Morgan fingerprint density at radius 3 is 2.77 bits per heavy atom. The summed E-state index contributed by atoms with van der Waals surface area (Å²) in [5, 5.41) is 0. The second-order valence-electron chi connectivity index (χ2n) is 7.38. The quantitative estimate of drug-likeness (QED) is 0.854. The molecule has 1 aliphatic carbocycles. The molecule has 1 aromatic heterocycles. The van der Waals surface area contributed by atoms with Gasteiger partial charge in [0.25, 0.3) is 0 Å². The van der Waals surface area contributed by atoms with Crippen molar-refractivity contribution in [1.82, 2.24) is 9.88 Å². The Labute approximate surface area is 134 Å². The zero-order valence-electron chi connectivity index (χ0n) is 13.9. The van der Waals surface area contributed by atoms with Crippen LogP contribution >= 0.6 is 0 Å². The predicted octanol–water partition coefficient (Wildman–Crippen LogP) is 3.27. The largest absolute Gasteiger partial charge is 0.357 e. The smallest absolute Gasteiger partial charge is 0.128 e. The molecule has 3 heterocycles. The minimum atomic E-state index is 0.778. The molecule has 0 spiro atoms. The third-order valence-electron chi connectivity index (χ3n) is 5.91. The van der Waals surface area contributed by atoms with Crippen molar-refractivity contribution in [3.8, 4) is 0 Å². The summed E-state index contributed by atoms with van der Waals surface area (Å²) in [5.74, 6) is 2.07. The van der Waals surface area contributed by atoms with Gasteiger partial charge in [0.2, 0.25) is 0 Å². The van der Waals surface area contributed by atoms with E-state index in [-0.39, 0.29) is 0 Å². The van der Waals surface area contributed by atoms with Crippen LogP contribution in [0.15, 0.2) is 12.1 Å². The van der Waals surface area contributed by atoms with Crippen LogP contribution in [-0.4, -0.2) is 42.1 Å². The van der Waals surface area contributed by atoms with Crippen LogP contribution in [0.5, 0.6) is 0 Å². The summed E-state index contributed by atoms with van der Waals surface area (Å²) < 4.78 is 0. The molecule has 0 radical (unpaired) electrons. The molecule has 0 unspecified atom stereocenters. The van der Waals surface area contributed by atoms with Crippen LogP contribution in [-0.2, 0) is 12.8 Å². The van der Waals surface area contributed by atoms with Crippen LogP contribution in [0.2, 0.25) is 0 Å². The Morgan fingerprint density at radius 1 is 1.09 bits per heavy atom. The molecule has 3 nitrogen and oxygen atoms in total. The Bertz CT molecular complexity index is 519. The summed E-state index contributed by atoms with van der Waals surface area (Å²) in [5.41, 5.74) is 2.93. The molecule has 22 heavy (non-hydrogen) atoms. The van der Waals surface area contributed by atoms with Gasteiger partial charge in [-0.05, 0) is 75.6 Å². The maximum absolute atomic E-state index is 5.06. The second-order valence-corrected chi connectivity index (χ2v) is 7.38. The van der Waals surface area contributed by atoms with E-state index < -0.39 is 0 Å². The molecule has 2 aliphatic heterocycles. The van der Waals surface area contributed by atoms with Crippen molar-refractivity contribution in [2.45, 2.75) is 57.9 Å². The first kappa shape index (κ1) is 14.5. The first-order chi connectivity index (χ1) is 10.8. The molecule has 2 saturated heterocycles. The number of piperidine rings is 1. The molecule has 0 bridgehead atoms. The standard InChI is InChI=1S/C19H29N3/c1-2-9-21-12-5-6-16-13-17-15(14-18(16)21)7-8-19(20-17)22-10-3-4-11-22/h7-8,16,18H,2-6,9-14H2,1H3/t16-,18-/m0/s1. The van der Waals surface area contributed by atoms with Gasteiger partial charge in [0.05, 0.1) is 0 Å². The average molecular weight is 299 g/mol. The lowest BCUT2D eigenvalue weighted by Crippen LogP contribution is -2.49. The number of likely N-dealkylation sites (tertiary alicyclic amines) is 1. The van der Waals surface area contributed by atoms with Gasteiger partial charge in [-0.15, -0.1) is 0 Å². The maximum atomic E-state index is 5.06. The highest BCUT2D eigenvalue weighted by molar-refractivity contribution is 5.43. The lowest BCUT2D eigenvalue weighted by atomic mass is 9.77. The van der Waals surface area contributed by atoms with E-state index in [9.17, 15) is 0 Å². The van der Waals surface area contributed by atoms with Gasteiger partial charge in [-0.25, -0.2) is 4.98 Å². The van der Waals surface area contributed by atoms with Crippen LogP contribution in [0.4, 0.5) is 5.82 Å². The third kappa shape index (κ3) is 2.64.